The van der Waals surface area contributed by atoms with Crippen LogP contribution in [-0.2, 0) is 20.9 Å². The Hall–Kier alpha value is -1.22. The van der Waals surface area contributed by atoms with Crippen molar-refractivity contribution in [2.45, 2.75) is 37.5 Å². The second-order valence-corrected chi connectivity index (χ2v) is 9.53. The van der Waals surface area contributed by atoms with E-state index in [-0.39, 0.29) is 4.90 Å². The molecule has 0 saturated carbocycles. The number of unbranched alkanes of at least 4 members (excludes halogenated alkanes) is 3. The first-order valence-electron chi connectivity index (χ1n) is 8.74. The summed E-state index contributed by atoms with van der Waals surface area (Å²) in [5.41, 5.74) is 0.928. The minimum absolute atomic E-state index is 0.178. The number of quaternary nitrogens is 1. The van der Waals surface area contributed by atoms with Crippen LogP contribution in [0.2, 0.25) is 0 Å². The fourth-order valence-electron chi connectivity index (χ4n) is 2.54. The molecule has 1 aromatic rings. The van der Waals surface area contributed by atoms with E-state index in [4.69, 9.17) is 0 Å². The first-order chi connectivity index (χ1) is 12.2. The summed E-state index contributed by atoms with van der Waals surface area (Å²) in [7, 11) is -2.76. The van der Waals surface area contributed by atoms with E-state index in [2.05, 4.69) is 24.3 Å². The van der Waals surface area contributed by atoms with Crippen LogP contribution in [0.5, 0.6) is 0 Å². The lowest BCUT2D eigenvalue weighted by molar-refractivity contribution is -0.848. The number of nitrogens with one attached hydrogen (secondary N) is 1. The van der Waals surface area contributed by atoms with E-state index in [1.165, 1.54) is 37.9 Å². The van der Waals surface area contributed by atoms with Crippen molar-refractivity contribution >= 4 is 20.9 Å². The summed E-state index contributed by atoms with van der Waals surface area (Å²) in [5, 5.41) is 0. The first-order valence-corrected chi connectivity index (χ1v) is 11.9. The predicted molar refractivity (Wildman–Crippen MR) is 104 cm³/mol. The summed E-state index contributed by atoms with van der Waals surface area (Å²) in [6, 6.07) is 5.78. The SMILES string of the molecule is CN1C=C[NH+](CCCCCCS(C)=O)C1.Cc1ccc(S(=O)(=O)[O-])cc1. The normalized spacial score (nSPS) is 17.7. The van der Waals surface area contributed by atoms with E-state index in [1.54, 1.807) is 23.3 Å². The van der Waals surface area contributed by atoms with Crippen molar-refractivity contribution < 1.29 is 22.1 Å². The number of nitrogens with zero attached hydrogens (tertiary/aromatic N) is 1. The molecule has 2 rings (SSSR count). The number of benzene rings is 1. The van der Waals surface area contributed by atoms with Crippen LogP contribution in [0.15, 0.2) is 41.6 Å². The third-order valence-electron chi connectivity index (χ3n) is 4.01. The van der Waals surface area contributed by atoms with Gasteiger partial charge in [-0.05, 0) is 38.3 Å². The molecule has 8 heteroatoms. The third kappa shape index (κ3) is 10.1. The lowest BCUT2D eigenvalue weighted by Gasteiger charge is -2.12. The van der Waals surface area contributed by atoms with Crippen LogP contribution in [0.3, 0.4) is 0 Å². The molecule has 148 valence electrons. The fourth-order valence-corrected chi connectivity index (χ4v) is 3.62. The molecule has 2 unspecified atom stereocenters. The largest absolute Gasteiger partial charge is 0.744 e. The molecule has 1 aromatic carbocycles. The molecule has 1 aliphatic heterocycles. The molecule has 26 heavy (non-hydrogen) atoms. The second-order valence-electron chi connectivity index (χ2n) is 6.60. The highest BCUT2D eigenvalue weighted by Gasteiger charge is 2.12. The van der Waals surface area contributed by atoms with Gasteiger partial charge >= 0.3 is 0 Å². The summed E-state index contributed by atoms with van der Waals surface area (Å²) >= 11 is 0. The van der Waals surface area contributed by atoms with Gasteiger partial charge in [0.25, 0.3) is 0 Å². The Morgan fingerprint density at radius 3 is 2.27 bits per heavy atom. The van der Waals surface area contributed by atoms with Gasteiger partial charge in [-0.2, -0.15) is 0 Å². The van der Waals surface area contributed by atoms with E-state index in [1.807, 2.05) is 6.92 Å². The smallest absolute Gasteiger partial charge is 0.156 e. The minimum atomic E-state index is -4.27. The molecule has 0 bridgehead atoms. The molecular formula is C18H30N2O4S2. The number of hydrogen-bond donors (Lipinski definition) is 1. The van der Waals surface area contributed by atoms with E-state index in [0.717, 1.165) is 24.4 Å². The highest BCUT2D eigenvalue weighted by atomic mass is 32.2. The van der Waals surface area contributed by atoms with Gasteiger partial charge in [0.1, 0.15) is 16.3 Å². The first kappa shape index (κ1) is 22.8. The molecule has 1 heterocycles. The Morgan fingerprint density at radius 1 is 1.15 bits per heavy atom. The zero-order valence-electron chi connectivity index (χ0n) is 15.8. The molecule has 0 fully saturated rings. The standard InChI is InChI=1S/C11H22N2OS.C7H8O3S/c1-12-8-9-13(11-12)7-5-3-4-6-10-15(2)14;1-6-2-4-7(5-3-6)11(8,9)10/h8-9H,3-7,10-11H2,1-2H3;2-5H,1H3,(H,8,9,10). The van der Waals surface area contributed by atoms with Crippen molar-refractivity contribution in [3.8, 4) is 0 Å². The number of aryl methyl sites for hydroxylation is 1. The lowest BCUT2D eigenvalue weighted by Crippen LogP contribution is -3.07. The quantitative estimate of drug-likeness (QED) is 0.520. The fraction of sp³-hybridized carbons (Fsp3) is 0.556. The van der Waals surface area contributed by atoms with Crippen LogP contribution in [0.25, 0.3) is 0 Å². The predicted octanol–water partition coefficient (Wildman–Crippen LogP) is 1.08. The molecule has 0 radical (unpaired) electrons. The molecule has 1 aliphatic rings. The molecule has 0 aromatic heterocycles. The summed E-state index contributed by atoms with van der Waals surface area (Å²) in [4.78, 5) is 3.59. The summed E-state index contributed by atoms with van der Waals surface area (Å²) in [6.07, 6.45) is 11.1. The van der Waals surface area contributed by atoms with Crippen molar-refractivity contribution in [3.63, 3.8) is 0 Å². The average Bonchev–Trinajstić information content (AvgIpc) is 2.96. The summed E-state index contributed by atoms with van der Waals surface area (Å²) < 4.78 is 42.0. The molecule has 0 aliphatic carbocycles. The summed E-state index contributed by atoms with van der Waals surface area (Å²) in [5.74, 6) is 0.874. The number of rotatable bonds is 8. The topological polar surface area (TPSA) is 82.0 Å². The Bertz CT molecular complexity index is 688. The van der Waals surface area contributed by atoms with Gasteiger partial charge in [0.05, 0.1) is 17.6 Å². The Kier molecular flexibility index (Phi) is 10.1. The zero-order chi connectivity index (χ0) is 19.6. The average molecular weight is 403 g/mol. The molecular weight excluding hydrogens is 372 g/mol. The molecule has 1 N–H and O–H groups in total. The molecule has 6 nitrogen and oxygen atoms in total. The van der Waals surface area contributed by atoms with Gasteiger partial charge in [0, 0.05) is 29.9 Å². The number of hydrogen-bond acceptors (Lipinski definition) is 5. The van der Waals surface area contributed by atoms with Gasteiger partial charge in [0.2, 0.25) is 0 Å². The van der Waals surface area contributed by atoms with E-state index >= 15 is 0 Å². The second kappa shape index (κ2) is 11.5. The van der Waals surface area contributed by atoms with Crippen molar-refractivity contribution in [2.75, 3.05) is 32.3 Å². The molecule has 2 atom stereocenters. The van der Waals surface area contributed by atoms with E-state index < -0.39 is 20.9 Å². The lowest BCUT2D eigenvalue weighted by atomic mass is 10.2. The van der Waals surface area contributed by atoms with Gasteiger partial charge in [-0.25, -0.2) is 8.42 Å². The van der Waals surface area contributed by atoms with Crippen molar-refractivity contribution in [3.05, 3.63) is 42.2 Å². The van der Waals surface area contributed by atoms with Crippen molar-refractivity contribution in [1.82, 2.24) is 4.90 Å². The maximum atomic E-state index is 10.8. The van der Waals surface area contributed by atoms with Gasteiger partial charge in [-0.1, -0.05) is 24.1 Å². The van der Waals surface area contributed by atoms with Gasteiger partial charge in [-0.15, -0.1) is 0 Å². The van der Waals surface area contributed by atoms with Crippen LogP contribution in [0, 0.1) is 6.92 Å². The van der Waals surface area contributed by atoms with E-state index in [0.29, 0.717) is 0 Å². The van der Waals surface area contributed by atoms with Crippen molar-refractivity contribution in [1.29, 1.82) is 0 Å². The molecule has 0 spiro atoms. The third-order valence-corrected chi connectivity index (χ3v) is 5.72. The Labute approximate surface area is 160 Å². The van der Waals surface area contributed by atoms with Gasteiger partial charge in [0.15, 0.2) is 6.67 Å². The summed E-state index contributed by atoms with van der Waals surface area (Å²) in [6.45, 7) is 4.16. The maximum absolute atomic E-state index is 10.8. The van der Waals surface area contributed by atoms with Gasteiger partial charge < -0.3 is 9.45 Å². The van der Waals surface area contributed by atoms with E-state index in [9.17, 15) is 17.2 Å². The highest BCUT2D eigenvalue weighted by molar-refractivity contribution is 7.85. The zero-order valence-corrected chi connectivity index (χ0v) is 17.4. The van der Waals surface area contributed by atoms with Gasteiger partial charge in [-0.3, -0.25) is 9.11 Å². The minimum Gasteiger partial charge on any atom is -0.744 e. The molecule has 0 amide bonds. The molecule has 0 saturated heterocycles. The Balaban J connectivity index is 0.000000273. The highest BCUT2D eigenvalue weighted by Crippen LogP contribution is 2.08. The Morgan fingerprint density at radius 2 is 1.77 bits per heavy atom. The van der Waals surface area contributed by atoms with Crippen LogP contribution >= 0.6 is 0 Å². The van der Waals surface area contributed by atoms with Crippen molar-refractivity contribution in [2.24, 2.45) is 0 Å². The maximum Gasteiger partial charge on any atom is 0.156 e. The van der Waals surface area contributed by atoms with Crippen LogP contribution in [0.1, 0.15) is 31.2 Å². The van der Waals surface area contributed by atoms with Crippen LogP contribution in [0.4, 0.5) is 0 Å². The monoisotopic (exact) mass is 402 g/mol. The van der Waals surface area contributed by atoms with Crippen LogP contribution in [-0.4, -0.2) is 54.3 Å². The van der Waals surface area contributed by atoms with Crippen LogP contribution < -0.4 is 4.90 Å².